The van der Waals surface area contributed by atoms with Crippen LogP contribution in [0.3, 0.4) is 0 Å². The highest BCUT2D eigenvalue weighted by molar-refractivity contribution is 6.12. The fraction of sp³-hybridized carbons (Fsp3) is 0.143. The molecule has 0 aliphatic carbocycles. The normalized spacial score (nSPS) is 13.7. The number of nitrogens with zero attached hydrogens (tertiary/aromatic N) is 2. The van der Waals surface area contributed by atoms with E-state index < -0.39 is 0 Å². The molecule has 1 saturated heterocycles. The van der Waals surface area contributed by atoms with E-state index in [-0.39, 0.29) is 11.8 Å². The number of benzene rings is 4. The number of hydrogen-bond donors (Lipinski definition) is 1. The molecule has 1 heterocycles. The Hall–Kier alpha value is -4.12. The first-order valence-corrected chi connectivity index (χ1v) is 11.2. The van der Waals surface area contributed by atoms with Gasteiger partial charge in [-0.15, -0.1) is 0 Å². The average molecular weight is 436 g/mol. The van der Waals surface area contributed by atoms with Crippen LogP contribution < -0.4 is 10.2 Å². The lowest BCUT2D eigenvalue weighted by Gasteiger charge is -2.36. The quantitative estimate of drug-likeness (QED) is 0.488. The topological polar surface area (TPSA) is 52.7 Å². The van der Waals surface area contributed by atoms with Crippen molar-refractivity contribution in [1.82, 2.24) is 4.90 Å². The van der Waals surface area contributed by atoms with Gasteiger partial charge < -0.3 is 15.1 Å². The van der Waals surface area contributed by atoms with Crippen LogP contribution in [0, 0.1) is 0 Å². The largest absolute Gasteiger partial charge is 0.368 e. The van der Waals surface area contributed by atoms with Gasteiger partial charge in [0.05, 0.1) is 0 Å². The summed E-state index contributed by atoms with van der Waals surface area (Å²) >= 11 is 0. The van der Waals surface area contributed by atoms with Crippen molar-refractivity contribution in [2.45, 2.75) is 0 Å². The van der Waals surface area contributed by atoms with Crippen LogP contribution in [0.15, 0.2) is 97.1 Å². The Morgan fingerprint density at radius 2 is 1.33 bits per heavy atom. The summed E-state index contributed by atoms with van der Waals surface area (Å²) in [4.78, 5) is 29.7. The van der Waals surface area contributed by atoms with E-state index in [4.69, 9.17) is 0 Å². The molecule has 0 bridgehead atoms. The van der Waals surface area contributed by atoms with Gasteiger partial charge in [-0.3, -0.25) is 9.59 Å². The number of nitrogens with one attached hydrogen (secondary N) is 1. The zero-order valence-electron chi connectivity index (χ0n) is 18.3. The summed E-state index contributed by atoms with van der Waals surface area (Å²) in [6.45, 7) is 2.93. The minimum Gasteiger partial charge on any atom is -0.368 e. The maximum atomic E-state index is 12.9. The summed E-state index contributed by atoms with van der Waals surface area (Å²) in [5.41, 5.74) is 3.24. The highest BCUT2D eigenvalue weighted by Crippen LogP contribution is 2.23. The van der Waals surface area contributed by atoms with Gasteiger partial charge in [0, 0.05) is 48.7 Å². The summed E-state index contributed by atoms with van der Waals surface area (Å²) in [5.74, 6) is -0.0330. The second-order valence-electron chi connectivity index (χ2n) is 8.17. The summed E-state index contributed by atoms with van der Waals surface area (Å²) < 4.78 is 0. The Morgan fingerprint density at radius 3 is 2.09 bits per heavy atom. The highest BCUT2D eigenvalue weighted by atomic mass is 16.2. The third-order valence-corrected chi connectivity index (χ3v) is 6.11. The smallest absolute Gasteiger partial charge is 0.256 e. The molecule has 4 aromatic rings. The zero-order chi connectivity index (χ0) is 22.6. The molecule has 5 rings (SSSR count). The maximum Gasteiger partial charge on any atom is 0.256 e. The van der Waals surface area contributed by atoms with E-state index in [9.17, 15) is 9.59 Å². The highest BCUT2D eigenvalue weighted by Gasteiger charge is 2.22. The van der Waals surface area contributed by atoms with Crippen LogP contribution in [0.5, 0.6) is 0 Å². The molecule has 0 unspecified atom stereocenters. The summed E-state index contributed by atoms with van der Waals surface area (Å²) in [6.07, 6.45) is 0. The van der Waals surface area contributed by atoms with Gasteiger partial charge >= 0.3 is 0 Å². The van der Waals surface area contributed by atoms with Crippen molar-refractivity contribution >= 4 is 34.0 Å². The SMILES string of the molecule is O=C(Nc1ccc(N2CCN(C(=O)c3ccccc3)CC2)cc1)c1cccc2ccccc12. The van der Waals surface area contributed by atoms with Gasteiger partial charge in [0.15, 0.2) is 0 Å². The number of amides is 2. The first-order valence-electron chi connectivity index (χ1n) is 11.2. The molecule has 5 heteroatoms. The monoisotopic (exact) mass is 435 g/mol. The molecule has 0 radical (unpaired) electrons. The van der Waals surface area contributed by atoms with Gasteiger partial charge in [0.2, 0.25) is 0 Å². The van der Waals surface area contributed by atoms with Crippen molar-refractivity contribution < 1.29 is 9.59 Å². The van der Waals surface area contributed by atoms with E-state index in [1.807, 2.05) is 102 Å². The number of fused-ring (bicyclic) bond motifs is 1. The molecule has 33 heavy (non-hydrogen) atoms. The van der Waals surface area contributed by atoms with Crippen LogP contribution in [0.2, 0.25) is 0 Å². The van der Waals surface area contributed by atoms with Gasteiger partial charge in [-0.05, 0) is 53.2 Å². The van der Waals surface area contributed by atoms with E-state index >= 15 is 0 Å². The number of hydrogen-bond acceptors (Lipinski definition) is 3. The molecule has 0 saturated carbocycles. The van der Waals surface area contributed by atoms with Gasteiger partial charge in [0.1, 0.15) is 0 Å². The standard InChI is InChI=1S/C28H25N3O2/c32-27(26-12-6-10-21-7-4-5-11-25(21)26)29-23-13-15-24(16-14-23)30-17-19-31(20-18-30)28(33)22-8-2-1-3-9-22/h1-16H,17-20H2,(H,29,32). The van der Waals surface area contributed by atoms with Crippen molar-refractivity contribution in [3.8, 4) is 0 Å². The van der Waals surface area contributed by atoms with Crippen molar-refractivity contribution in [2.24, 2.45) is 0 Å². The van der Waals surface area contributed by atoms with E-state index in [1.54, 1.807) is 0 Å². The van der Waals surface area contributed by atoms with Crippen LogP contribution in [0.25, 0.3) is 10.8 Å². The van der Waals surface area contributed by atoms with Crippen LogP contribution in [-0.4, -0.2) is 42.9 Å². The second-order valence-corrected chi connectivity index (χ2v) is 8.17. The molecule has 0 aromatic heterocycles. The van der Waals surface area contributed by atoms with Gasteiger partial charge in [-0.2, -0.15) is 0 Å². The molecule has 0 spiro atoms. The molecule has 2 amide bonds. The number of anilines is 2. The molecule has 1 aliphatic rings. The molecular formula is C28H25N3O2. The molecule has 164 valence electrons. The van der Waals surface area contributed by atoms with E-state index in [0.717, 1.165) is 40.8 Å². The molecule has 1 N–H and O–H groups in total. The summed E-state index contributed by atoms with van der Waals surface area (Å²) in [7, 11) is 0. The lowest BCUT2D eigenvalue weighted by atomic mass is 10.0. The Balaban J connectivity index is 1.21. The Labute approximate surface area is 193 Å². The van der Waals surface area contributed by atoms with Crippen LogP contribution in [0.4, 0.5) is 11.4 Å². The predicted molar refractivity (Wildman–Crippen MR) is 133 cm³/mol. The third kappa shape index (κ3) is 4.44. The van der Waals surface area contributed by atoms with E-state index in [0.29, 0.717) is 18.7 Å². The average Bonchev–Trinajstić information content (AvgIpc) is 2.89. The molecule has 5 nitrogen and oxygen atoms in total. The second kappa shape index (κ2) is 9.17. The Bertz CT molecular complexity index is 1270. The van der Waals surface area contributed by atoms with Crippen LogP contribution in [0.1, 0.15) is 20.7 Å². The third-order valence-electron chi connectivity index (χ3n) is 6.11. The number of carbonyl (C=O) groups is 2. The van der Waals surface area contributed by atoms with Crippen LogP contribution >= 0.6 is 0 Å². The predicted octanol–water partition coefficient (Wildman–Crippen LogP) is 5.05. The fourth-order valence-corrected chi connectivity index (χ4v) is 4.31. The van der Waals surface area contributed by atoms with Gasteiger partial charge in [-0.1, -0.05) is 54.6 Å². The molecule has 1 fully saturated rings. The lowest BCUT2D eigenvalue weighted by molar-refractivity contribution is 0.0746. The van der Waals surface area contributed by atoms with Gasteiger partial charge in [0.25, 0.3) is 11.8 Å². The van der Waals surface area contributed by atoms with E-state index in [1.165, 1.54) is 0 Å². The van der Waals surface area contributed by atoms with Crippen molar-refractivity contribution in [1.29, 1.82) is 0 Å². The van der Waals surface area contributed by atoms with Crippen molar-refractivity contribution in [3.05, 3.63) is 108 Å². The van der Waals surface area contributed by atoms with Crippen molar-refractivity contribution in [3.63, 3.8) is 0 Å². The Kier molecular flexibility index (Phi) is 5.77. The molecule has 1 aliphatic heterocycles. The lowest BCUT2D eigenvalue weighted by Crippen LogP contribution is -2.48. The number of carbonyl (C=O) groups excluding carboxylic acids is 2. The van der Waals surface area contributed by atoms with E-state index in [2.05, 4.69) is 10.2 Å². The number of rotatable bonds is 4. The minimum atomic E-state index is -0.118. The number of piperazine rings is 1. The first-order chi connectivity index (χ1) is 16.2. The van der Waals surface area contributed by atoms with Crippen molar-refractivity contribution in [2.75, 3.05) is 36.4 Å². The molecular weight excluding hydrogens is 410 g/mol. The summed E-state index contributed by atoms with van der Waals surface area (Å²) in [6, 6.07) is 31.0. The molecule has 4 aromatic carbocycles. The fourth-order valence-electron chi connectivity index (χ4n) is 4.31. The zero-order valence-corrected chi connectivity index (χ0v) is 18.3. The Morgan fingerprint density at radius 1 is 0.667 bits per heavy atom. The minimum absolute atomic E-state index is 0.0850. The van der Waals surface area contributed by atoms with Gasteiger partial charge in [-0.25, -0.2) is 0 Å². The molecule has 0 atom stereocenters. The van der Waals surface area contributed by atoms with Crippen LogP contribution in [-0.2, 0) is 0 Å². The first kappa shape index (κ1) is 20.8. The summed E-state index contributed by atoms with van der Waals surface area (Å²) in [5, 5.41) is 5.00. The maximum absolute atomic E-state index is 12.9.